The van der Waals surface area contributed by atoms with Gasteiger partial charge in [0.15, 0.2) is 0 Å². The van der Waals surface area contributed by atoms with Gasteiger partial charge < -0.3 is 14.2 Å². The van der Waals surface area contributed by atoms with Crippen LogP contribution in [0.3, 0.4) is 0 Å². The first-order chi connectivity index (χ1) is 11.5. The molecule has 0 aliphatic carbocycles. The summed E-state index contributed by atoms with van der Waals surface area (Å²) in [6.07, 6.45) is 1.64. The van der Waals surface area contributed by atoms with Crippen molar-refractivity contribution in [2.75, 3.05) is 18.6 Å². The molecule has 0 saturated carbocycles. The molecular weight excluding hydrogens is 304 g/mol. The molecule has 3 rings (SSSR count). The molecule has 0 atom stereocenters. The monoisotopic (exact) mass is 324 g/mol. The second-order valence-corrected chi connectivity index (χ2v) is 5.53. The summed E-state index contributed by atoms with van der Waals surface area (Å²) in [5, 5.41) is 0. The number of carbonyl (C=O) groups excluding carboxylic acids is 1. The van der Waals surface area contributed by atoms with Gasteiger partial charge in [-0.2, -0.15) is 0 Å². The van der Waals surface area contributed by atoms with E-state index in [2.05, 4.69) is 9.97 Å². The number of aromatic nitrogens is 3. The number of carbonyl (C=O) groups is 1. The van der Waals surface area contributed by atoms with Crippen LogP contribution in [-0.4, -0.2) is 34.1 Å². The molecule has 0 unspecified atom stereocenters. The van der Waals surface area contributed by atoms with Gasteiger partial charge in [0.25, 0.3) is 5.91 Å². The molecule has 2 aromatic heterocycles. The van der Waals surface area contributed by atoms with Gasteiger partial charge in [-0.3, -0.25) is 4.79 Å². The van der Waals surface area contributed by atoms with Crippen LogP contribution in [0.2, 0.25) is 0 Å². The summed E-state index contributed by atoms with van der Waals surface area (Å²) in [6, 6.07) is 9.19. The Morgan fingerprint density at radius 1 is 1.29 bits per heavy atom. The highest BCUT2D eigenvalue weighted by Crippen LogP contribution is 2.21. The standard InChI is InChI=1S/C18H20N4O2/c1-5-22(14-7-9-17(24-4)19-11-14)18(23)13-6-8-16-15(10-13)20-12(2)21(16)3/h6-11H,5H2,1-4H3. The van der Waals surface area contributed by atoms with E-state index in [9.17, 15) is 4.79 Å². The molecule has 0 N–H and O–H groups in total. The van der Waals surface area contributed by atoms with Crippen LogP contribution in [0, 0.1) is 6.92 Å². The smallest absolute Gasteiger partial charge is 0.258 e. The van der Waals surface area contributed by atoms with Gasteiger partial charge in [-0.05, 0) is 38.1 Å². The minimum absolute atomic E-state index is 0.0744. The normalized spacial score (nSPS) is 10.8. The fraction of sp³-hybridized carbons (Fsp3) is 0.278. The number of nitrogens with zero attached hydrogens (tertiary/aromatic N) is 4. The van der Waals surface area contributed by atoms with Gasteiger partial charge in [-0.15, -0.1) is 0 Å². The van der Waals surface area contributed by atoms with Gasteiger partial charge >= 0.3 is 0 Å². The average Bonchev–Trinajstić information content (AvgIpc) is 2.89. The zero-order valence-electron chi connectivity index (χ0n) is 14.3. The zero-order chi connectivity index (χ0) is 17.3. The molecule has 6 nitrogen and oxygen atoms in total. The minimum atomic E-state index is -0.0744. The van der Waals surface area contributed by atoms with Crippen molar-refractivity contribution in [1.82, 2.24) is 14.5 Å². The molecule has 0 fully saturated rings. The number of methoxy groups -OCH3 is 1. The number of anilines is 1. The van der Waals surface area contributed by atoms with Gasteiger partial charge in [0.05, 0.1) is 30.0 Å². The first-order valence-electron chi connectivity index (χ1n) is 7.80. The van der Waals surface area contributed by atoms with Gasteiger partial charge in [0, 0.05) is 25.2 Å². The molecule has 0 aliphatic heterocycles. The summed E-state index contributed by atoms with van der Waals surface area (Å²) in [5.41, 5.74) is 3.18. The number of benzene rings is 1. The highest BCUT2D eigenvalue weighted by atomic mass is 16.5. The van der Waals surface area contributed by atoms with Crippen LogP contribution in [0.1, 0.15) is 23.1 Å². The van der Waals surface area contributed by atoms with E-state index in [0.717, 1.165) is 22.5 Å². The summed E-state index contributed by atoms with van der Waals surface area (Å²) in [5.74, 6) is 1.36. The van der Waals surface area contributed by atoms with E-state index in [0.29, 0.717) is 18.0 Å². The van der Waals surface area contributed by atoms with Crippen LogP contribution >= 0.6 is 0 Å². The Hall–Kier alpha value is -2.89. The third-order valence-corrected chi connectivity index (χ3v) is 4.15. The van der Waals surface area contributed by atoms with Crippen molar-refractivity contribution in [3.8, 4) is 5.88 Å². The third kappa shape index (κ3) is 2.71. The Bertz CT molecular complexity index is 884. The summed E-state index contributed by atoms with van der Waals surface area (Å²) >= 11 is 0. The van der Waals surface area contributed by atoms with Crippen molar-refractivity contribution >= 4 is 22.6 Å². The van der Waals surface area contributed by atoms with E-state index in [1.807, 2.05) is 49.7 Å². The van der Waals surface area contributed by atoms with E-state index in [1.54, 1.807) is 24.3 Å². The van der Waals surface area contributed by atoms with Gasteiger partial charge in [-0.25, -0.2) is 9.97 Å². The number of rotatable bonds is 4. The molecule has 3 aromatic rings. The Morgan fingerprint density at radius 3 is 2.71 bits per heavy atom. The molecule has 24 heavy (non-hydrogen) atoms. The lowest BCUT2D eigenvalue weighted by molar-refractivity contribution is 0.0988. The van der Waals surface area contributed by atoms with Crippen LogP contribution in [0.25, 0.3) is 11.0 Å². The maximum Gasteiger partial charge on any atom is 0.258 e. The lowest BCUT2D eigenvalue weighted by atomic mass is 10.1. The van der Waals surface area contributed by atoms with Crippen LogP contribution in [-0.2, 0) is 7.05 Å². The lowest BCUT2D eigenvalue weighted by Gasteiger charge is -2.21. The van der Waals surface area contributed by atoms with E-state index in [-0.39, 0.29) is 5.91 Å². The Kier molecular flexibility index (Phi) is 4.20. The van der Waals surface area contributed by atoms with E-state index >= 15 is 0 Å². The molecular formula is C18H20N4O2. The lowest BCUT2D eigenvalue weighted by Crippen LogP contribution is -2.30. The molecule has 2 heterocycles. The van der Waals surface area contributed by atoms with Crippen LogP contribution in [0.15, 0.2) is 36.5 Å². The fourth-order valence-corrected chi connectivity index (χ4v) is 2.71. The van der Waals surface area contributed by atoms with Crippen molar-refractivity contribution in [2.45, 2.75) is 13.8 Å². The number of aryl methyl sites for hydroxylation is 2. The van der Waals surface area contributed by atoms with Crippen LogP contribution < -0.4 is 9.64 Å². The first kappa shape index (κ1) is 16.0. The SMILES string of the molecule is CCN(C(=O)c1ccc2c(c1)nc(C)n2C)c1ccc(OC)nc1. The number of ether oxygens (including phenoxy) is 1. The maximum absolute atomic E-state index is 12.9. The highest BCUT2D eigenvalue weighted by Gasteiger charge is 2.18. The number of fused-ring (bicyclic) bond motifs is 1. The Balaban J connectivity index is 1.95. The average molecular weight is 324 g/mol. The summed E-state index contributed by atoms with van der Waals surface area (Å²) in [6.45, 7) is 4.43. The summed E-state index contributed by atoms with van der Waals surface area (Å²) in [4.78, 5) is 23.3. The Morgan fingerprint density at radius 2 is 2.08 bits per heavy atom. The molecule has 1 aromatic carbocycles. The van der Waals surface area contributed by atoms with Gasteiger partial charge in [0.1, 0.15) is 5.82 Å². The minimum Gasteiger partial charge on any atom is -0.481 e. The molecule has 0 aliphatic rings. The fourth-order valence-electron chi connectivity index (χ4n) is 2.71. The predicted molar refractivity (Wildman–Crippen MR) is 93.6 cm³/mol. The van der Waals surface area contributed by atoms with Crippen molar-refractivity contribution in [1.29, 1.82) is 0 Å². The molecule has 0 bridgehead atoms. The number of imidazole rings is 1. The number of amides is 1. The van der Waals surface area contributed by atoms with Crippen molar-refractivity contribution < 1.29 is 9.53 Å². The molecule has 0 spiro atoms. The maximum atomic E-state index is 12.9. The van der Waals surface area contributed by atoms with E-state index in [4.69, 9.17) is 4.74 Å². The Labute approximate surface area is 140 Å². The van der Waals surface area contributed by atoms with E-state index in [1.165, 1.54) is 0 Å². The summed E-state index contributed by atoms with van der Waals surface area (Å²) < 4.78 is 7.07. The van der Waals surface area contributed by atoms with Gasteiger partial charge in [0.2, 0.25) is 5.88 Å². The quantitative estimate of drug-likeness (QED) is 0.740. The van der Waals surface area contributed by atoms with Crippen LogP contribution in [0.4, 0.5) is 5.69 Å². The largest absolute Gasteiger partial charge is 0.481 e. The highest BCUT2D eigenvalue weighted by molar-refractivity contribution is 6.07. The van der Waals surface area contributed by atoms with Crippen molar-refractivity contribution in [3.05, 3.63) is 47.9 Å². The van der Waals surface area contributed by atoms with Crippen LogP contribution in [0.5, 0.6) is 5.88 Å². The molecule has 1 amide bonds. The third-order valence-electron chi connectivity index (χ3n) is 4.15. The van der Waals surface area contributed by atoms with Gasteiger partial charge in [-0.1, -0.05) is 0 Å². The summed E-state index contributed by atoms with van der Waals surface area (Å²) in [7, 11) is 3.53. The molecule has 0 radical (unpaired) electrons. The van der Waals surface area contributed by atoms with Crippen molar-refractivity contribution in [2.24, 2.45) is 7.05 Å². The topological polar surface area (TPSA) is 60.2 Å². The number of hydrogen-bond donors (Lipinski definition) is 0. The van der Waals surface area contributed by atoms with Crippen molar-refractivity contribution in [3.63, 3.8) is 0 Å². The van der Waals surface area contributed by atoms with E-state index < -0.39 is 0 Å². The molecule has 6 heteroatoms. The number of hydrogen-bond acceptors (Lipinski definition) is 4. The molecule has 124 valence electrons. The number of pyridine rings is 1. The predicted octanol–water partition coefficient (Wildman–Crippen LogP) is 2.95. The second kappa shape index (κ2) is 6.31. The second-order valence-electron chi connectivity index (χ2n) is 5.53. The zero-order valence-corrected chi connectivity index (χ0v) is 14.3. The first-order valence-corrected chi connectivity index (χ1v) is 7.80. The molecule has 0 saturated heterocycles.